The third-order valence-electron chi connectivity index (χ3n) is 6.47. The van der Waals surface area contributed by atoms with Crippen molar-refractivity contribution in [3.8, 4) is 5.75 Å². The van der Waals surface area contributed by atoms with Gasteiger partial charge < -0.3 is 14.4 Å². The molecular formula is C21H18F3NO7S2. The molecule has 5 rings (SSSR count). The van der Waals surface area contributed by atoms with Crippen LogP contribution in [0.25, 0.3) is 10.9 Å². The van der Waals surface area contributed by atoms with E-state index in [1.807, 2.05) is 0 Å². The second-order valence-corrected chi connectivity index (χ2v) is 11.8. The van der Waals surface area contributed by atoms with E-state index < -0.39 is 55.4 Å². The number of aryl methyl sites for hydroxylation is 1. The van der Waals surface area contributed by atoms with Gasteiger partial charge in [0, 0.05) is 29.0 Å². The van der Waals surface area contributed by atoms with Crippen molar-refractivity contribution in [2.45, 2.75) is 47.8 Å². The van der Waals surface area contributed by atoms with Crippen LogP contribution in [-0.4, -0.2) is 48.7 Å². The number of halogens is 3. The molecule has 1 heterocycles. The van der Waals surface area contributed by atoms with Crippen molar-refractivity contribution in [2.75, 3.05) is 0 Å². The van der Waals surface area contributed by atoms with Crippen molar-refractivity contribution in [3.63, 3.8) is 0 Å². The van der Waals surface area contributed by atoms with Crippen LogP contribution in [0.1, 0.15) is 34.9 Å². The number of rotatable bonds is 4. The van der Waals surface area contributed by atoms with Crippen LogP contribution in [-0.2, 0) is 20.1 Å². The highest BCUT2D eigenvalue weighted by Gasteiger charge is 2.54. The first kappa shape index (κ1) is 23.1. The second kappa shape index (κ2) is 7.20. The van der Waals surface area contributed by atoms with Crippen molar-refractivity contribution in [2.24, 2.45) is 0 Å². The number of aromatic nitrogens is 1. The fourth-order valence-electron chi connectivity index (χ4n) is 4.92. The Bertz CT molecular complexity index is 1530. The van der Waals surface area contributed by atoms with Crippen LogP contribution in [0.4, 0.5) is 13.2 Å². The lowest BCUT2D eigenvalue weighted by molar-refractivity contribution is -0.0500. The molecule has 0 spiro atoms. The molecule has 0 radical (unpaired) electrons. The van der Waals surface area contributed by atoms with Gasteiger partial charge in [0.15, 0.2) is 0 Å². The van der Waals surface area contributed by atoms with Crippen molar-refractivity contribution in [3.05, 3.63) is 59.3 Å². The number of alkyl halides is 3. The number of nitrogens with zero attached hydrogens (tertiary/aromatic N) is 1. The van der Waals surface area contributed by atoms with E-state index >= 15 is 0 Å². The third-order valence-corrected chi connectivity index (χ3v) is 9.12. The number of hydrogen-bond acceptors (Lipinski definition) is 7. The summed E-state index contributed by atoms with van der Waals surface area (Å²) in [6.45, 7) is 1.79. The lowest BCUT2D eigenvalue weighted by Crippen LogP contribution is -2.33. The van der Waals surface area contributed by atoms with E-state index in [2.05, 4.69) is 4.18 Å². The molecule has 34 heavy (non-hydrogen) atoms. The van der Waals surface area contributed by atoms with Crippen LogP contribution in [0.15, 0.2) is 47.5 Å². The highest BCUT2D eigenvalue weighted by molar-refractivity contribution is 7.90. The van der Waals surface area contributed by atoms with Gasteiger partial charge in [0.25, 0.3) is 10.0 Å². The predicted octanol–water partition coefficient (Wildman–Crippen LogP) is 2.72. The maximum absolute atomic E-state index is 13.4. The first-order valence-electron chi connectivity index (χ1n) is 10.1. The minimum atomic E-state index is -6.03. The van der Waals surface area contributed by atoms with Gasteiger partial charge >= 0.3 is 15.6 Å². The quantitative estimate of drug-likeness (QED) is 0.403. The molecule has 13 heteroatoms. The zero-order valence-corrected chi connectivity index (χ0v) is 19.0. The van der Waals surface area contributed by atoms with Crippen LogP contribution < -0.4 is 4.18 Å². The lowest BCUT2D eigenvalue weighted by Gasteiger charge is -2.28. The maximum atomic E-state index is 13.4. The summed E-state index contributed by atoms with van der Waals surface area (Å²) in [7, 11) is -10.2. The zero-order valence-electron chi connectivity index (χ0n) is 17.4. The highest BCUT2D eigenvalue weighted by atomic mass is 32.2. The number of aliphatic hydroxyl groups is 2. The summed E-state index contributed by atoms with van der Waals surface area (Å²) >= 11 is 0. The topological polar surface area (TPSA) is 123 Å². The molecule has 1 aromatic heterocycles. The lowest BCUT2D eigenvalue weighted by atomic mass is 9.86. The average Bonchev–Trinajstić information content (AvgIpc) is 3.40. The summed E-state index contributed by atoms with van der Waals surface area (Å²) in [6, 6.07) is 8.36. The molecule has 4 unspecified atom stereocenters. The van der Waals surface area contributed by atoms with E-state index in [-0.39, 0.29) is 33.3 Å². The molecule has 8 nitrogen and oxygen atoms in total. The van der Waals surface area contributed by atoms with Crippen molar-refractivity contribution in [1.29, 1.82) is 0 Å². The molecule has 4 atom stereocenters. The molecule has 0 saturated heterocycles. The SMILES string of the molecule is Cc1ccc(S(=O)(=O)n2ccc3cc(OS(=O)(=O)C(F)(F)F)c4c(c32)C2CC4C(O)C2O)cc1. The molecule has 2 aromatic carbocycles. The van der Waals surface area contributed by atoms with Gasteiger partial charge in [-0.25, -0.2) is 12.4 Å². The van der Waals surface area contributed by atoms with E-state index in [9.17, 15) is 40.2 Å². The van der Waals surface area contributed by atoms with Gasteiger partial charge in [-0.3, -0.25) is 0 Å². The summed E-state index contributed by atoms with van der Waals surface area (Å²) in [4.78, 5) is -0.0342. The summed E-state index contributed by atoms with van der Waals surface area (Å²) in [5.74, 6) is -2.40. The number of aliphatic hydroxyl groups excluding tert-OH is 2. The van der Waals surface area contributed by atoms with E-state index in [1.165, 1.54) is 24.4 Å². The molecule has 0 aliphatic heterocycles. The normalized spacial score (nSPS) is 24.5. The first-order chi connectivity index (χ1) is 15.7. The largest absolute Gasteiger partial charge is 0.534 e. The molecule has 2 bridgehead atoms. The Morgan fingerprint density at radius 1 is 0.971 bits per heavy atom. The van der Waals surface area contributed by atoms with E-state index in [4.69, 9.17) is 0 Å². The van der Waals surface area contributed by atoms with Crippen molar-refractivity contribution in [1.82, 2.24) is 3.97 Å². The van der Waals surface area contributed by atoms with Gasteiger partial charge in [-0.15, -0.1) is 0 Å². The molecular weight excluding hydrogens is 499 g/mol. The van der Waals surface area contributed by atoms with Crippen LogP contribution >= 0.6 is 0 Å². The van der Waals surface area contributed by atoms with Gasteiger partial charge in [0.1, 0.15) is 5.75 Å². The summed E-state index contributed by atoms with van der Waals surface area (Å²) in [5, 5.41) is 21.0. The van der Waals surface area contributed by atoms with Crippen LogP contribution in [0.2, 0.25) is 0 Å². The number of fused-ring (bicyclic) bond motifs is 7. The smallest absolute Gasteiger partial charge is 0.390 e. The number of hydrogen-bond donors (Lipinski definition) is 2. The standard InChI is InChI=1S/C21H18F3NO7S2/c1-10-2-4-12(5-3-10)33(28,29)25-7-6-11-8-15(32-34(30,31)21(22,23)24)16-13-9-14(17(16)18(11)25)20(27)19(13)26/h2-8,13-14,19-20,26-27H,9H2,1H3. The third kappa shape index (κ3) is 3.17. The highest BCUT2D eigenvalue weighted by Crippen LogP contribution is 2.58. The molecule has 2 aliphatic carbocycles. The van der Waals surface area contributed by atoms with Gasteiger partial charge in [-0.05, 0) is 43.2 Å². The summed E-state index contributed by atoms with van der Waals surface area (Å²) < 4.78 is 94.6. The molecule has 3 aromatic rings. The monoisotopic (exact) mass is 517 g/mol. The Morgan fingerprint density at radius 3 is 2.15 bits per heavy atom. The molecule has 2 aliphatic rings. The van der Waals surface area contributed by atoms with Crippen molar-refractivity contribution < 1.29 is 44.4 Å². The minimum Gasteiger partial charge on any atom is -0.390 e. The Hall–Kier alpha value is -2.61. The minimum absolute atomic E-state index is 0.0342. The van der Waals surface area contributed by atoms with E-state index in [0.717, 1.165) is 15.6 Å². The maximum Gasteiger partial charge on any atom is 0.534 e. The molecule has 1 fully saturated rings. The second-order valence-electron chi connectivity index (χ2n) is 8.48. The zero-order chi connectivity index (χ0) is 24.8. The van der Waals surface area contributed by atoms with Gasteiger partial charge in [0.05, 0.1) is 22.6 Å². The van der Waals surface area contributed by atoms with E-state index in [0.29, 0.717) is 0 Å². The Balaban J connectivity index is 1.77. The molecule has 0 amide bonds. The summed E-state index contributed by atoms with van der Waals surface area (Å²) in [5.41, 5.74) is -4.67. The fourth-order valence-corrected chi connectivity index (χ4v) is 6.76. The van der Waals surface area contributed by atoms with Gasteiger partial charge in [0.2, 0.25) is 0 Å². The number of benzene rings is 2. The molecule has 2 N–H and O–H groups in total. The van der Waals surface area contributed by atoms with Crippen LogP contribution in [0, 0.1) is 6.92 Å². The fraction of sp³-hybridized carbons (Fsp3) is 0.333. The van der Waals surface area contributed by atoms with E-state index in [1.54, 1.807) is 19.1 Å². The Kier molecular flexibility index (Phi) is 4.90. The summed E-state index contributed by atoms with van der Waals surface area (Å²) in [6.07, 6.45) is -1.38. The van der Waals surface area contributed by atoms with Gasteiger partial charge in [-0.1, -0.05) is 17.7 Å². The first-order valence-corrected chi connectivity index (χ1v) is 13.0. The Morgan fingerprint density at radius 2 is 1.56 bits per heavy atom. The predicted molar refractivity (Wildman–Crippen MR) is 113 cm³/mol. The van der Waals surface area contributed by atoms with Crippen LogP contribution in [0.5, 0.6) is 5.75 Å². The average molecular weight is 518 g/mol. The van der Waals surface area contributed by atoms with Crippen molar-refractivity contribution >= 4 is 31.0 Å². The van der Waals surface area contributed by atoms with Crippen LogP contribution in [0.3, 0.4) is 0 Å². The molecule has 1 saturated carbocycles. The Labute approximate surface area is 192 Å². The van der Waals surface area contributed by atoms with Gasteiger partial charge in [-0.2, -0.15) is 21.6 Å². The molecule has 182 valence electrons.